The van der Waals surface area contributed by atoms with Gasteiger partial charge in [-0.05, 0) is 17.7 Å². The SMILES string of the molecule is CC(CO)c1ccc(-n2cncn2)cc1. The Hall–Kier alpha value is -1.68. The van der Waals surface area contributed by atoms with Gasteiger partial charge in [0.1, 0.15) is 12.7 Å². The Bertz CT molecular complexity index is 408. The van der Waals surface area contributed by atoms with Crippen LogP contribution in [0, 0.1) is 0 Å². The van der Waals surface area contributed by atoms with Crippen molar-refractivity contribution in [3.8, 4) is 5.69 Å². The van der Waals surface area contributed by atoms with Gasteiger partial charge >= 0.3 is 0 Å². The molecule has 1 aromatic heterocycles. The second kappa shape index (κ2) is 4.23. The van der Waals surface area contributed by atoms with Gasteiger partial charge < -0.3 is 5.11 Å². The van der Waals surface area contributed by atoms with Crippen molar-refractivity contribution in [3.05, 3.63) is 42.5 Å². The molecule has 0 aliphatic rings. The molecule has 4 nitrogen and oxygen atoms in total. The molecule has 0 saturated carbocycles. The minimum atomic E-state index is 0.169. The lowest BCUT2D eigenvalue weighted by atomic mass is 10.0. The van der Waals surface area contributed by atoms with Crippen molar-refractivity contribution >= 4 is 0 Å². The molecule has 0 bridgehead atoms. The quantitative estimate of drug-likeness (QED) is 0.819. The van der Waals surface area contributed by atoms with Gasteiger partial charge in [0.2, 0.25) is 0 Å². The fraction of sp³-hybridized carbons (Fsp3) is 0.273. The predicted molar refractivity (Wildman–Crippen MR) is 56.9 cm³/mol. The summed E-state index contributed by atoms with van der Waals surface area (Å²) in [6.45, 7) is 2.16. The van der Waals surface area contributed by atoms with Crippen molar-refractivity contribution in [3.63, 3.8) is 0 Å². The zero-order valence-electron chi connectivity index (χ0n) is 8.54. The van der Waals surface area contributed by atoms with Crippen LogP contribution in [0.3, 0.4) is 0 Å². The monoisotopic (exact) mass is 203 g/mol. The zero-order chi connectivity index (χ0) is 10.7. The molecular weight excluding hydrogens is 190 g/mol. The second-order valence-corrected chi connectivity index (χ2v) is 3.52. The number of nitrogens with zero attached hydrogens (tertiary/aromatic N) is 3. The summed E-state index contributed by atoms with van der Waals surface area (Å²) in [4.78, 5) is 3.88. The third-order valence-electron chi connectivity index (χ3n) is 2.42. The molecule has 0 radical (unpaired) electrons. The maximum absolute atomic E-state index is 9.01. The van der Waals surface area contributed by atoms with Gasteiger partial charge in [-0.3, -0.25) is 0 Å². The molecule has 0 spiro atoms. The number of aromatic nitrogens is 3. The maximum atomic E-state index is 9.01. The van der Waals surface area contributed by atoms with E-state index in [4.69, 9.17) is 5.11 Å². The van der Waals surface area contributed by atoms with E-state index in [-0.39, 0.29) is 12.5 Å². The van der Waals surface area contributed by atoms with Crippen molar-refractivity contribution < 1.29 is 5.11 Å². The molecule has 78 valence electrons. The summed E-state index contributed by atoms with van der Waals surface area (Å²) in [5.41, 5.74) is 2.10. The lowest BCUT2D eigenvalue weighted by Crippen LogP contribution is -2.00. The molecule has 0 saturated heterocycles. The van der Waals surface area contributed by atoms with Crippen LogP contribution in [0.4, 0.5) is 0 Å². The normalized spacial score (nSPS) is 12.7. The van der Waals surface area contributed by atoms with Crippen LogP contribution in [0.5, 0.6) is 0 Å². The van der Waals surface area contributed by atoms with E-state index in [1.165, 1.54) is 6.33 Å². The van der Waals surface area contributed by atoms with E-state index < -0.39 is 0 Å². The van der Waals surface area contributed by atoms with Gasteiger partial charge in [0.25, 0.3) is 0 Å². The number of hydrogen-bond acceptors (Lipinski definition) is 3. The third-order valence-corrected chi connectivity index (χ3v) is 2.42. The van der Waals surface area contributed by atoms with Crippen LogP contribution in [-0.4, -0.2) is 26.5 Å². The van der Waals surface area contributed by atoms with Gasteiger partial charge in [-0.2, -0.15) is 5.10 Å². The van der Waals surface area contributed by atoms with Crippen molar-refractivity contribution in [1.82, 2.24) is 14.8 Å². The van der Waals surface area contributed by atoms with Crippen LogP contribution in [0.2, 0.25) is 0 Å². The number of aliphatic hydroxyl groups excluding tert-OH is 1. The van der Waals surface area contributed by atoms with Crippen LogP contribution >= 0.6 is 0 Å². The molecular formula is C11H13N3O. The van der Waals surface area contributed by atoms with Crippen LogP contribution < -0.4 is 0 Å². The van der Waals surface area contributed by atoms with Crippen LogP contribution in [0.1, 0.15) is 18.4 Å². The minimum Gasteiger partial charge on any atom is -0.396 e. The fourth-order valence-electron chi connectivity index (χ4n) is 1.40. The standard InChI is InChI=1S/C11H13N3O/c1-9(6-15)10-2-4-11(5-3-10)14-8-12-7-13-14/h2-5,7-9,15H,6H2,1H3. The van der Waals surface area contributed by atoms with E-state index in [0.717, 1.165) is 11.3 Å². The van der Waals surface area contributed by atoms with Gasteiger partial charge in [0.15, 0.2) is 0 Å². The molecule has 1 unspecified atom stereocenters. The summed E-state index contributed by atoms with van der Waals surface area (Å²) in [7, 11) is 0. The number of rotatable bonds is 3. The van der Waals surface area contributed by atoms with Crippen molar-refractivity contribution in [2.45, 2.75) is 12.8 Å². The number of benzene rings is 1. The Labute approximate surface area is 88.2 Å². The summed E-state index contributed by atoms with van der Waals surface area (Å²) in [6, 6.07) is 7.93. The Kier molecular flexibility index (Phi) is 2.78. The summed E-state index contributed by atoms with van der Waals surface area (Å²) < 4.78 is 1.70. The fourth-order valence-corrected chi connectivity index (χ4v) is 1.40. The molecule has 1 atom stereocenters. The van der Waals surface area contributed by atoms with Crippen LogP contribution in [-0.2, 0) is 0 Å². The first-order valence-corrected chi connectivity index (χ1v) is 4.87. The Morgan fingerprint density at radius 1 is 1.33 bits per heavy atom. The maximum Gasteiger partial charge on any atom is 0.138 e. The van der Waals surface area contributed by atoms with E-state index >= 15 is 0 Å². The number of aliphatic hydroxyl groups is 1. The molecule has 0 fully saturated rings. The van der Waals surface area contributed by atoms with E-state index in [0.29, 0.717) is 0 Å². The highest BCUT2D eigenvalue weighted by Gasteiger charge is 2.03. The topological polar surface area (TPSA) is 50.9 Å². The molecule has 1 heterocycles. The second-order valence-electron chi connectivity index (χ2n) is 3.52. The van der Waals surface area contributed by atoms with Gasteiger partial charge in [0.05, 0.1) is 5.69 Å². The Morgan fingerprint density at radius 2 is 2.07 bits per heavy atom. The van der Waals surface area contributed by atoms with Gasteiger partial charge in [-0.15, -0.1) is 0 Å². The molecule has 0 aliphatic heterocycles. The van der Waals surface area contributed by atoms with Crippen molar-refractivity contribution in [1.29, 1.82) is 0 Å². The van der Waals surface area contributed by atoms with Gasteiger partial charge in [-0.1, -0.05) is 19.1 Å². The lowest BCUT2D eigenvalue weighted by molar-refractivity contribution is 0.273. The van der Waals surface area contributed by atoms with Crippen LogP contribution in [0.15, 0.2) is 36.9 Å². The Morgan fingerprint density at radius 3 is 2.60 bits per heavy atom. The first-order valence-electron chi connectivity index (χ1n) is 4.87. The zero-order valence-corrected chi connectivity index (χ0v) is 8.54. The predicted octanol–water partition coefficient (Wildman–Crippen LogP) is 1.36. The molecule has 1 N–H and O–H groups in total. The van der Waals surface area contributed by atoms with E-state index in [2.05, 4.69) is 10.1 Å². The molecule has 2 aromatic rings. The van der Waals surface area contributed by atoms with E-state index in [1.54, 1.807) is 11.0 Å². The molecule has 1 aromatic carbocycles. The minimum absolute atomic E-state index is 0.169. The van der Waals surface area contributed by atoms with Crippen molar-refractivity contribution in [2.75, 3.05) is 6.61 Å². The Balaban J connectivity index is 2.25. The van der Waals surface area contributed by atoms with Crippen LogP contribution in [0.25, 0.3) is 5.69 Å². The largest absolute Gasteiger partial charge is 0.396 e. The van der Waals surface area contributed by atoms with E-state index in [9.17, 15) is 0 Å². The molecule has 4 heteroatoms. The highest BCUT2D eigenvalue weighted by Crippen LogP contribution is 2.16. The summed E-state index contributed by atoms with van der Waals surface area (Å²) in [6.07, 6.45) is 3.16. The lowest BCUT2D eigenvalue weighted by Gasteiger charge is -2.08. The van der Waals surface area contributed by atoms with E-state index in [1.807, 2.05) is 31.2 Å². The highest BCUT2D eigenvalue weighted by atomic mass is 16.3. The molecule has 15 heavy (non-hydrogen) atoms. The highest BCUT2D eigenvalue weighted by molar-refractivity contribution is 5.34. The summed E-state index contributed by atoms with van der Waals surface area (Å²) in [5.74, 6) is 0.176. The molecule has 2 rings (SSSR count). The smallest absolute Gasteiger partial charge is 0.138 e. The van der Waals surface area contributed by atoms with Gasteiger partial charge in [-0.25, -0.2) is 9.67 Å². The molecule has 0 aliphatic carbocycles. The average molecular weight is 203 g/mol. The summed E-state index contributed by atoms with van der Waals surface area (Å²) >= 11 is 0. The number of hydrogen-bond donors (Lipinski definition) is 1. The summed E-state index contributed by atoms with van der Waals surface area (Å²) in [5, 5.41) is 13.1. The molecule has 0 amide bonds. The third kappa shape index (κ3) is 2.05. The first-order chi connectivity index (χ1) is 7.31. The average Bonchev–Trinajstić information content (AvgIpc) is 2.82. The first kappa shape index (κ1) is 9.86. The van der Waals surface area contributed by atoms with Gasteiger partial charge in [0, 0.05) is 12.5 Å². The van der Waals surface area contributed by atoms with Crippen molar-refractivity contribution in [2.24, 2.45) is 0 Å².